The van der Waals surface area contributed by atoms with Crippen LogP contribution in [0.25, 0.3) is 5.57 Å². The van der Waals surface area contributed by atoms with Gasteiger partial charge in [0.25, 0.3) is 11.8 Å². The predicted molar refractivity (Wildman–Crippen MR) is 61.1 cm³/mol. The van der Waals surface area contributed by atoms with Crippen LogP contribution in [-0.4, -0.2) is 33.7 Å². The zero-order chi connectivity index (χ0) is 13.4. The number of aliphatic imine (C=N–C) groups is 1. The van der Waals surface area contributed by atoms with Gasteiger partial charge in [0.2, 0.25) is 5.88 Å². The van der Waals surface area contributed by atoms with Crippen LogP contribution in [0.2, 0.25) is 0 Å². The molecule has 0 bridgehead atoms. The lowest BCUT2D eigenvalue weighted by Gasteiger charge is -2.01. The average Bonchev–Trinajstić information content (AvgIpc) is 2.82. The van der Waals surface area contributed by atoms with E-state index < -0.39 is 23.7 Å². The Balaban J connectivity index is 2.69. The van der Waals surface area contributed by atoms with Gasteiger partial charge in [0.1, 0.15) is 0 Å². The predicted octanol–water partition coefficient (Wildman–Crippen LogP) is -0.786. The Hall–Kier alpha value is -2.90. The minimum Gasteiger partial charge on any atom is -0.494 e. The zero-order valence-corrected chi connectivity index (χ0v) is 8.95. The molecule has 1 aromatic rings. The summed E-state index contributed by atoms with van der Waals surface area (Å²) >= 11 is 0. The van der Waals surface area contributed by atoms with Gasteiger partial charge in [-0.1, -0.05) is 0 Å². The van der Waals surface area contributed by atoms with Gasteiger partial charge in [0, 0.05) is 12.4 Å². The lowest BCUT2D eigenvalue weighted by molar-refractivity contribution is -0.112. The fraction of sp³-hybridized carbons (Fsp3) is 0. The van der Waals surface area contributed by atoms with Crippen LogP contribution in [0, 0.1) is 0 Å². The first-order chi connectivity index (χ1) is 8.43. The van der Waals surface area contributed by atoms with E-state index in [1.165, 1.54) is 12.3 Å². The van der Waals surface area contributed by atoms with Crippen LogP contribution in [0.3, 0.4) is 0 Å². The van der Waals surface area contributed by atoms with E-state index >= 15 is 0 Å². The van der Waals surface area contributed by atoms with Gasteiger partial charge >= 0.3 is 6.03 Å². The van der Waals surface area contributed by atoms with Crippen LogP contribution >= 0.6 is 0 Å². The third kappa shape index (κ3) is 1.56. The third-order valence-electron chi connectivity index (χ3n) is 2.41. The van der Waals surface area contributed by atoms with Crippen molar-refractivity contribution in [2.75, 3.05) is 0 Å². The number of nitrogens with two attached hydrogens (primary N) is 2. The average molecular weight is 248 g/mol. The van der Waals surface area contributed by atoms with E-state index in [4.69, 9.17) is 11.5 Å². The van der Waals surface area contributed by atoms with E-state index in [1.807, 2.05) is 0 Å². The van der Waals surface area contributed by atoms with E-state index in [0.717, 1.165) is 6.20 Å². The Morgan fingerprint density at radius 2 is 2.00 bits per heavy atom. The number of aromatic hydroxyl groups is 1. The highest BCUT2D eigenvalue weighted by molar-refractivity contribution is 6.30. The van der Waals surface area contributed by atoms with Gasteiger partial charge in [-0.15, -0.1) is 0 Å². The second-order valence-electron chi connectivity index (χ2n) is 3.48. The van der Waals surface area contributed by atoms with Crippen molar-refractivity contribution in [2.45, 2.75) is 0 Å². The van der Waals surface area contributed by atoms with E-state index in [2.05, 4.69) is 4.99 Å². The fourth-order valence-corrected chi connectivity index (χ4v) is 1.63. The first kappa shape index (κ1) is 11.6. The van der Waals surface area contributed by atoms with Crippen molar-refractivity contribution < 1.29 is 19.5 Å². The number of carbonyl (C=O) groups excluding carboxylic acids is 3. The summed E-state index contributed by atoms with van der Waals surface area (Å²) in [4.78, 5) is 37.2. The molecule has 0 fully saturated rings. The van der Waals surface area contributed by atoms with Crippen LogP contribution in [0.1, 0.15) is 15.9 Å². The molecule has 18 heavy (non-hydrogen) atoms. The lowest BCUT2D eigenvalue weighted by Crippen LogP contribution is -2.18. The summed E-state index contributed by atoms with van der Waals surface area (Å²) in [5.41, 5.74) is 9.76. The molecule has 2 heterocycles. The number of carbonyl (C=O) groups is 3. The molecule has 0 spiro atoms. The molecule has 1 aliphatic rings. The number of nitrogens with zero attached hydrogens (tertiary/aromatic N) is 2. The Morgan fingerprint density at radius 1 is 1.33 bits per heavy atom. The molecule has 0 aliphatic carbocycles. The first-order valence-corrected chi connectivity index (χ1v) is 4.76. The molecule has 0 unspecified atom stereocenters. The number of hydrogen-bond donors (Lipinski definition) is 3. The molecule has 1 aliphatic heterocycles. The van der Waals surface area contributed by atoms with E-state index in [0.29, 0.717) is 4.57 Å². The molecule has 3 amide bonds. The topological polar surface area (TPSA) is 141 Å². The summed E-state index contributed by atoms with van der Waals surface area (Å²) in [7, 11) is 0. The van der Waals surface area contributed by atoms with Crippen LogP contribution in [0.15, 0.2) is 17.3 Å². The van der Waals surface area contributed by atoms with Gasteiger partial charge in [-0.05, 0) is 6.08 Å². The smallest absolute Gasteiger partial charge is 0.325 e. The molecular formula is C10H8N4O4. The molecule has 1 aromatic heterocycles. The minimum atomic E-state index is -1.01. The summed E-state index contributed by atoms with van der Waals surface area (Å²) in [6, 6.07) is -1.01. The summed E-state index contributed by atoms with van der Waals surface area (Å²) in [6.07, 6.45) is 3.49. The maximum absolute atomic E-state index is 11.4. The molecule has 0 aromatic carbocycles. The Labute approximate surface area is 100 Å². The number of hydrogen-bond acceptors (Lipinski definition) is 4. The summed E-state index contributed by atoms with van der Waals surface area (Å²) < 4.78 is 0.627. The second kappa shape index (κ2) is 3.84. The molecule has 8 heteroatoms. The molecule has 8 nitrogen and oxygen atoms in total. The van der Waals surface area contributed by atoms with Crippen molar-refractivity contribution in [3.8, 4) is 5.88 Å². The SMILES string of the molecule is NC(=O)c1cn(C(N)=O)c(O)c1C1=CC=NC1=O. The van der Waals surface area contributed by atoms with Gasteiger partial charge in [0.05, 0.1) is 16.7 Å². The number of amides is 3. The maximum atomic E-state index is 11.4. The molecule has 0 radical (unpaired) electrons. The van der Waals surface area contributed by atoms with E-state index in [9.17, 15) is 19.5 Å². The molecular weight excluding hydrogens is 240 g/mol. The lowest BCUT2D eigenvalue weighted by atomic mass is 10.0. The van der Waals surface area contributed by atoms with Gasteiger partial charge in [0.15, 0.2) is 0 Å². The standard InChI is InChI=1S/C10H8N4O4/c11-7(15)5-3-14(10(12)18)9(17)6(5)4-1-2-13-8(4)16/h1-3,17H,(H2,11,15)(H2,12,18). The number of aromatic nitrogens is 1. The minimum absolute atomic E-state index is 0.0266. The van der Waals surface area contributed by atoms with Crippen LogP contribution in [-0.2, 0) is 4.79 Å². The van der Waals surface area contributed by atoms with E-state index in [1.54, 1.807) is 0 Å². The normalized spacial score (nSPS) is 13.8. The molecule has 2 rings (SSSR count). The fourth-order valence-electron chi connectivity index (χ4n) is 1.63. The molecule has 0 saturated heterocycles. The quantitative estimate of drug-likeness (QED) is 0.630. The molecule has 5 N–H and O–H groups in total. The highest BCUT2D eigenvalue weighted by Crippen LogP contribution is 2.32. The van der Waals surface area contributed by atoms with Crippen molar-refractivity contribution in [2.24, 2.45) is 16.5 Å². The van der Waals surface area contributed by atoms with Gasteiger partial charge in [-0.3, -0.25) is 9.59 Å². The van der Waals surface area contributed by atoms with Crippen molar-refractivity contribution in [3.05, 3.63) is 23.4 Å². The zero-order valence-electron chi connectivity index (χ0n) is 8.95. The third-order valence-corrected chi connectivity index (χ3v) is 2.41. The van der Waals surface area contributed by atoms with Crippen LogP contribution < -0.4 is 11.5 Å². The Kier molecular flexibility index (Phi) is 2.47. The number of allylic oxidation sites excluding steroid dienone is 1. The summed E-state index contributed by atoms with van der Waals surface area (Å²) in [5.74, 6) is -2.17. The summed E-state index contributed by atoms with van der Waals surface area (Å²) in [6.45, 7) is 0. The van der Waals surface area contributed by atoms with Gasteiger partial charge in [-0.2, -0.15) is 0 Å². The molecule has 0 atom stereocenters. The highest BCUT2D eigenvalue weighted by Gasteiger charge is 2.28. The molecule has 92 valence electrons. The first-order valence-electron chi connectivity index (χ1n) is 4.76. The van der Waals surface area contributed by atoms with E-state index in [-0.39, 0.29) is 16.7 Å². The van der Waals surface area contributed by atoms with Gasteiger partial charge < -0.3 is 16.6 Å². The molecule has 0 saturated carbocycles. The Morgan fingerprint density at radius 3 is 2.44 bits per heavy atom. The van der Waals surface area contributed by atoms with Crippen molar-refractivity contribution in [3.63, 3.8) is 0 Å². The Bertz CT molecular complexity index is 639. The largest absolute Gasteiger partial charge is 0.494 e. The van der Waals surface area contributed by atoms with Crippen molar-refractivity contribution >= 4 is 29.6 Å². The highest BCUT2D eigenvalue weighted by atomic mass is 16.3. The summed E-state index contributed by atoms with van der Waals surface area (Å²) in [5, 5.41) is 9.81. The van der Waals surface area contributed by atoms with Crippen LogP contribution in [0.5, 0.6) is 5.88 Å². The number of primary amides is 2. The van der Waals surface area contributed by atoms with Crippen molar-refractivity contribution in [1.29, 1.82) is 0 Å². The van der Waals surface area contributed by atoms with Crippen molar-refractivity contribution in [1.82, 2.24) is 4.57 Å². The van der Waals surface area contributed by atoms with Crippen LogP contribution in [0.4, 0.5) is 4.79 Å². The van der Waals surface area contributed by atoms with Gasteiger partial charge in [-0.25, -0.2) is 14.4 Å². The maximum Gasteiger partial charge on any atom is 0.325 e. The number of rotatable bonds is 2. The monoisotopic (exact) mass is 248 g/mol. The second-order valence-corrected chi connectivity index (χ2v) is 3.48.